The van der Waals surface area contributed by atoms with Crippen LogP contribution < -0.4 is 10.5 Å². The lowest BCUT2D eigenvalue weighted by atomic mass is 10.2. The maximum atomic E-state index is 12.0. The summed E-state index contributed by atoms with van der Waals surface area (Å²) in [4.78, 5) is 11.7. The molecule has 21 heavy (non-hydrogen) atoms. The van der Waals surface area contributed by atoms with Gasteiger partial charge in [0.1, 0.15) is 4.90 Å². The van der Waals surface area contributed by atoms with Crippen molar-refractivity contribution in [2.24, 2.45) is 5.14 Å². The molecule has 3 N–H and O–H groups in total. The molecule has 1 aromatic carbocycles. The van der Waals surface area contributed by atoms with Crippen molar-refractivity contribution in [2.75, 3.05) is 13.2 Å². The van der Waals surface area contributed by atoms with Gasteiger partial charge in [0.25, 0.3) is 5.91 Å². The van der Waals surface area contributed by atoms with Crippen LogP contribution in [-0.2, 0) is 14.8 Å². The molecule has 0 bridgehead atoms. The van der Waals surface area contributed by atoms with E-state index in [-0.39, 0.29) is 28.1 Å². The Morgan fingerprint density at radius 3 is 2.62 bits per heavy atom. The van der Waals surface area contributed by atoms with Gasteiger partial charge in [-0.3, -0.25) is 4.79 Å². The van der Waals surface area contributed by atoms with E-state index in [4.69, 9.17) is 21.5 Å². The summed E-state index contributed by atoms with van der Waals surface area (Å²) in [7, 11) is -4.02. The van der Waals surface area contributed by atoms with Crippen LogP contribution in [0.2, 0.25) is 5.02 Å². The molecule has 1 aromatic rings. The van der Waals surface area contributed by atoms with Crippen molar-refractivity contribution in [1.29, 1.82) is 0 Å². The number of benzene rings is 1. The van der Waals surface area contributed by atoms with Crippen molar-refractivity contribution in [2.45, 2.75) is 24.8 Å². The van der Waals surface area contributed by atoms with Gasteiger partial charge in [-0.05, 0) is 26.0 Å². The van der Waals surface area contributed by atoms with Gasteiger partial charge >= 0.3 is 0 Å². The first-order valence-electron chi connectivity index (χ1n) is 6.04. The van der Waals surface area contributed by atoms with Gasteiger partial charge in [0.05, 0.1) is 23.3 Å². The summed E-state index contributed by atoms with van der Waals surface area (Å²) in [6, 6.07) is 2.67. The van der Waals surface area contributed by atoms with Crippen LogP contribution in [0.4, 0.5) is 0 Å². The van der Waals surface area contributed by atoms with Crippen LogP contribution in [0.15, 0.2) is 21.5 Å². The molecule has 0 aliphatic heterocycles. The lowest BCUT2D eigenvalue weighted by Crippen LogP contribution is -2.28. The second-order valence-corrected chi connectivity index (χ2v) is 7.31. The standard InChI is InChI=1S/C12H16BrClN2O4S/c1-7(2)20-4-3-16-12(17)9-5-8(13)6-10(11(9)14)21(15,18)19/h5-7H,3-4H2,1-2H3,(H,16,17)(H2,15,18,19). The fraction of sp³-hybridized carbons (Fsp3) is 0.417. The van der Waals surface area contributed by atoms with Crippen molar-refractivity contribution >= 4 is 43.5 Å². The Morgan fingerprint density at radius 2 is 2.10 bits per heavy atom. The van der Waals surface area contributed by atoms with Crippen molar-refractivity contribution < 1.29 is 17.9 Å². The number of hydrogen-bond acceptors (Lipinski definition) is 4. The minimum absolute atomic E-state index is 0.0274. The zero-order valence-electron chi connectivity index (χ0n) is 11.5. The quantitative estimate of drug-likeness (QED) is 0.714. The lowest BCUT2D eigenvalue weighted by Gasteiger charge is -2.11. The third kappa shape index (κ3) is 5.55. The van der Waals surface area contributed by atoms with E-state index in [0.717, 1.165) is 0 Å². The summed E-state index contributed by atoms with van der Waals surface area (Å²) in [6.45, 7) is 4.39. The maximum Gasteiger partial charge on any atom is 0.252 e. The van der Waals surface area contributed by atoms with Gasteiger partial charge in [0, 0.05) is 11.0 Å². The zero-order chi connectivity index (χ0) is 16.2. The molecule has 0 fully saturated rings. The number of carbonyl (C=O) groups excluding carboxylic acids is 1. The van der Waals surface area contributed by atoms with E-state index in [9.17, 15) is 13.2 Å². The largest absolute Gasteiger partial charge is 0.377 e. The first-order chi connectivity index (χ1) is 9.62. The topological polar surface area (TPSA) is 98.5 Å². The summed E-state index contributed by atoms with van der Waals surface area (Å²) < 4.78 is 28.5. The number of carbonyl (C=O) groups is 1. The summed E-state index contributed by atoms with van der Waals surface area (Å²) in [5, 5.41) is 7.46. The fourth-order valence-electron chi connectivity index (χ4n) is 1.49. The van der Waals surface area contributed by atoms with Crippen molar-refractivity contribution in [3.8, 4) is 0 Å². The highest BCUT2D eigenvalue weighted by molar-refractivity contribution is 9.10. The van der Waals surface area contributed by atoms with Crippen LogP contribution in [0.3, 0.4) is 0 Å². The van der Waals surface area contributed by atoms with Gasteiger partial charge < -0.3 is 10.1 Å². The van der Waals surface area contributed by atoms with Crippen LogP contribution in [0.25, 0.3) is 0 Å². The Kier molecular flexibility index (Phi) is 6.61. The fourth-order valence-corrected chi connectivity index (χ4v) is 3.27. The maximum absolute atomic E-state index is 12.0. The van der Waals surface area contributed by atoms with Gasteiger partial charge in [-0.2, -0.15) is 0 Å². The molecule has 9 heteroatoms. The molecule has 0 unspecified atom stereocenters. The summed E-state index contributed by atoms with van der Waals surface area (Å²) in [6.07, 6.45) is 0.0605. The van der Waals surface area contributed by atoms with Crippen molar-refractivity contribution in [3.05, 3.63) is 27.2 Å². The van der Waals surface area contributed by atoms with Crippen LogP contribution in [0, 0.1) is 0 Å². The number of ether oxygens (including phenoxy) is 1. The minimum atomic E-state index is -4.02. The number of nitrogens with two attached hydrogens (primary N) is 1. The third-order valence-electron chi connectivity index (χ3n) is 2.39. The minimum Gasteiger partial charge on any atom is -0.377 e. The Bertz CT molecular complexity index is 634. The summed E-state index contributed by atoms with van der Waals surface area (Å²) in [5.74, 6) is -0.501. The first kappa shape index (κ1) is 18.4. The van der Waals surface area contributed by atoms with Crippen molar-refractivity contribution in [3.63, 3.8) is 0 Å². The van der Waals surface area contributed by atoms with E-state index in [1.807, 2.05) is 13.8 Å². The van der Waals surface area contributed by atoms with Gasteiger partial charge in [0.15, 0.2) is 0 Å². The summed E-state index contributed by atoms with van der Waals surface area (Å²) >= 11 is 9.08. The van der Waals surface area contributed by atoms with Gasteiger partial charge in [-0.25, -0.2) is 13.6 Å². The first-order valence-corrected chi connectivity index (χ1v) is 8.76. The molecule has 1 amide bonds. The predicted octanol–water partition coefficient (Wildman–Crippen LogP) is 1.90. The Morgan fingerprint density at radius 1 is 1.48 bits per heavy atom. The molecular formula is C12H16BrClN2O4S. The Hall–Kier alpha value is -0.670. The highest BCUT2D eigenvalue weighted by Gasteiger charge is 2.20. The molecule has 0 aliphatic rings. The molecule has 0 saturated carbocycles. The molecule has 0 heterocycles. The smallest absolute Gasteiger partial charge is 0.252 e. The normalized spacial score (nSPS) is 11.7. The summed E-state index contributed by atoms with van der Waals surface area (Å²) in [5.41, 5.74) is 0.0274. The average molecular weight is 400 g/mol. The Labute approximate surface area is 137 Å². The van der Waals surface area contributed by atoms with Crippen LogP contribution in [-0.4, -0.2) is 33.6 Å². The van der Waals surface area contributed by atoms with E-state index >= 15 is 0 Å². The highest BCUT2D eigenvalue weighted by atomic mass is 79.9. The van der Waals surface area contributed by atoms with Crippen LogP contribution in [0.5, 0.6) is 0 Å². The molecule has 0 radical (unpaired) electrons. The van der Waals surface area contributed by atoms with Gasteiger partial charge in [0.2, 0.25) is 10.0 Å². The molecule has 0 aromatic heterocycles. The average Bonchev–Trinajstić information content (AvgIpc) is 2.35. The van der Waals surface area contributed by atoms with E-state index < -0.39 is 15.9 Å². The molecule has 118 valence electrons. The van der Waals surface area contributed by atoms with E-state index in [0.29, 0.717) is 11.1 Å². The van der Waals surface area contributed by atoms with Gasteiger partial charge in [-0.1, -0.05) is 27.5 Å². The third-order valence-corrected chi connectivity index (χ3v) is 4.31. The van der Waals surface area contributed by atoms with E-state index in [1.54, 1.807) is 0 Å². The van der Waals surface area contributed by atoms with E-state index in [2.05, 4.69) is 21.2 Å². The number of primary sulfonamides is 1. The Balaban J connectivity index is 2.93. The number of nitrogens with one attached hydrogen (secondary N) is 1. The molecular weight excluding hydrogens is 384 g/mol. The lowest BCUT2D eigenvalue weighted by molar-refractivity contribution is 0.0746. The number of hydrogen-bond donors (Lipinski definition) is 2. The second-order valence-electron chi connectivity index (χ2n) is 4.49. The predicted molar refractivity (Wildman–Crippen MR) is 83.9 cm³/mol. The zero-order valence-corrected chi connectivity index (χ0v) is 14.7. The molecule has 6 nitrogen and oxygen atoms in total. The number of rotatable bonds is 6. The molecule has 0 spiro atoms. The van der Waals surface area contributed by atoms with Crippen LogP contribution in [0.1, 0.15) is 24.2 Å². The molecule has 0 saturated heterocycles. The SMILES string of the molecule is CC(C)OCCNC(=O)c1cc(Br)cc(S(N)(=O)=O)c1Cl. The monoisotopic (exact) mass is 398 g/mol. The van der Waals surface area contributed by atoms with Gasteiger partial charge in [-0.15, -0.1) is 0 Å². The van der Waals surface area contributed by atoms with E-state index in [1.165, 1.54) is 12.1 Å². The molecule has 1 rings (SSSR count). The highest BCUT2D eigenvalue weighted by Crippen LogP contribution is 2.28. The van der Waals surface area contributed by atoms with Crippen LogP contribution >= 0.6 is 27.5 Å². The number of sulfonamides is 1. The molecule has 0 atom stereocenters. The molecule has 0 aliphatic carbocycles. The van der Waals surface area contributed by atoms with Crippen molar-refractivity contribution in [1.82, 2.24) is 5.32 Å². The number of amides is 1. The second kappa shape index (κ2) is 7.55. The number of halogens is 2.